The Labute approximate surface area is 120 Å². The summed E-state index contributed by atoms with van der Waals surface area (Å²) in [5.41, 5.74) is -0.797. The number of rotatable bonds is 6. The molecule has 0 unspecified atom stereocenters. The fourth-order valence-corrected chi connectivity index (χ4v) is 1.63. The Morgan fingerprint density at radius 1 is 1.43 bits per heavy atom. The molecule has 0 atom stereocenters. The first-order valence-electron chi connectivity index (χ1n) is 6.25. The standard InChI is InChI=1S/C13H15FN2O5/c1-3-21-11(17)4-5-15-13(18)10-7-9(16(19)20)6-8(2)12(10)14/h6-7H,3-5H2,1-2H3,(H,15,18). The van der Waals surface area contributed by atoms with Crippen LogP contribution in [-0.2, 0) is 9.53 Å². The number of hydrogen-bond donors (Lipinski definition) is 1. The van der Waals surface area contributed by atoms with E-state index in [1.807, 2.05) is 0 Å². The van der Waals surface area contributed by atoms with Crippen LogP contribution in [-0.4, -0.2) is 30.0 Å². The van der Waals surface area contributed by atoms with Crippen LogP contribution in [0.25, 0.3) is 0 Å². The summed E-state index contributed by atoms with van der Waals surface area (Å²) in [6.45, 7) is 3.17. The summed E-state index contributed by atoms with van der Waals surface area (Å²) < 4.78 is 18.5. The van der Waals surface area contributed by atoms with Gasteiger partial charge in [-0.05, 0) is 19.4 Å². The Hall–Kier alpha value is -2.51. The van der Waals surface area contributed by atoms with Crippen LogP contribution in [0.3, 0.4) is 0 Å². The average Bonchev–Trinajstić information content (AvgIpc) is 2.41. The molecule has 0 aromatic heterocycles. The highest BCUT2D eigenvalue weighted by atomic mass is 19.1. The van der Waals surface area contributed by atoms with Crippen LogP contribution in [0.4, 0.5) is 10.1 Å². The van der Waals surface area contributed by atoms with Crippen LogP contribution >= 0.6 is 0 Å². The highest BCUT2D eigenvalue weighted by molar-refractivity contribution is 5.95. The molecule has 0 fully saturated rings. The molecule has 0 aliphatic carbocycles. The van der Waals surface area contributed by atoms with E-state index in [1.165, 1.54) is 6.92 Å². The number of esters is 1. The number of non-ortho nitro benzene ring substituents is 1. The van der Waals surface area contributed by atoms with Gasteiger partial charge in [-0.1, -0.05) is 0 Å². The summed E-state index contributed by atoms with van der Waals surface area (Å²) in [5, 5.41) is 13.0. The van der Waals surface area contributed by atoms with Crippen molar-refractivity contribution in [2.45, 2.75) is 20.3 Å². The summed E-state index contributed by atoms with van der Waals surface area (Å²) >= 11 is 0. The van der Waals surface area contributed by atoms with E-state index in [2.05, 4.69) is 10.1 Å². The van der Waals surface area contributed by atoms with Gasteiger partial charge in [0.1, 0.15) is 5.82 Å². The van der Waals surface area contributed by atoms with Crippen molar-refractivity contribution in [1.29, 1.82) is 0 Å². The number of carbonyl (C=O) groups excluding carboxylic acids is 2. The number of aryl methyl sites for hydroxylation is 1. The molecule has 0 aliphatic heterocycles. The number of ether oxygens (including phenoxy) is 1. The smallest absolute Gasteiger partial charge is 0.307 e. The van der Waals surface area contributed by atoms with Crippen molar-refractivity contribution >= 4 is 17.6 Å². The van der Waals surface area contributed by atoms with Gasteiger partial charge in [0.05, 0.1) is 23.5 Å². The fraction of sp³-hybridized carbons (Fsp3) is 0.385. The van der Waals surface area contributed by atoms with E-state index in [4.69, 9.17) is 0 Å². The molecule has 1 rings (SSSR count). The lowest BCUT2D eigenvalue weighted by molar-refractivity contribution is -0.385. The van der Waals surface area contributed by atoms with Crippen LogP contribution in [0.2, 0.25) is 0 Å². The van der Waals surface area contributed by atoms with Gasteiger partial charge in [0, 0.05) is 18.7 Å². The number of halogens is 1. The minimum Gasteiger partial charge on any atom is -0.466 e. The molecule has 0 radical (unpaired) electrons. The molecule has 114 valence electrons. The summed E-state index contributed by atoms with van der Waals surface area (Å²) in [6.07, 6.45) is -0.0604. The molecule has 0 saturated heterocycles. The van der Waals surface area contributed by atoms with Gasteiger partial charge < -0.3 is 10.1 Å². The molecule has 7 nitrogen and oxygen atoms in total. The first-order valence-corrected chi connectivity index (χ1v) is 6.25. The number of benzene rings is 1. The van der Waals surface area contributed by atoms with E-state index in [1.54, 1.807) is 6.92 Å². The maximum atomic E-state index is 13.8. The number of amides is 1. The molecule has 0 bridgehead atoms. The lowest BCUT2D eigenvalue weighted by atomic mass is 10.1. The fourth-order valence-electron chi connectivity index (χ4n) is 1.63. The molecule has 1 aromatic rings. The van der Waals surface area contributed by atoms with E-state index in [-0.39, 0.29) is 30.8 Å². The van der Waals surface area contributed by atoms with Crippen LogP contribution in [0.5, 0.6) is 0 Å². The topological polar surface area (TPSA) is 98.5 Å². The predicted octanol–water partition coefficient (Wildman–Crippen LogP) is 1.73. The van der Waals surface area contributed by atoms with Gasteiger partial charge in [-0.2, -0.15) is 0 Å². The Bertz CT molecular complexity index is 574. The quantitative estimate of drug-likeness (QED) is 0.490. The molecule has 8 heteroatoms. The lowest BCUT2D eigenvalue weighted by Gasteiger charge is -2.07. The number of carbonyl (C=O) groups is 2. The van der Waals surface area contributed by atoms with Gasteiger partial charge in [0.2, 0.25) is 0 Å². The van der Waals surface area contributed by atoms with Crippen molar-refractivity contribution in [2.24, 2.45) is 0 Å². The molecule has 1 N–H and O–H groups in total. The minimum atomic E-state index is -0.825. The van der Waals surface area contributed by atoms with Crippen molar-refractivity contribution in [3.05, 3.63) is 39.2 Å². The maximum Gasteiger partial charge on any atom is 0.307 e. The summed E-state index contributed by atoms with van der Waals surface area (Å²) in [5.74, 6) is -2.13. The molecular formula is C13H15FN2O5. The number of nitro groups is 1. The monoisotopic (exact) mass is 298 g/mol. The van der Waals surface area contributed by atoms with E-state index < -0.39 is 28.2 Å². The maximum absolute atomic E-state index is 13.8. The van der Waals surface area contributed by atoms with Crippen molar-refractivity contribution in [3.8, 4) is 0 Å². The lowest BCUT2D eigenvalue weighted by Crippen LogP contribution is -2.27. The van der Waals surface area contributed by atoms with Gasteiger partial charge in [0.25, 0.3) is 11.6 Å². The second-order valence-electron chi connectivity index (χ2n) is 4.19. The normalized spacial score (nSPS) is 10.0. The van der Waals surface area contributed by atoms with Gasteiger partial charge in [-0.25, -0.2) is 4.39 Å². The highest BCUT2D eigenvalue weighted by Crippen LogP contribution is 2.20. The van der Waals surface area contributed by atoms with Crippen LogP contribution in [0.15, 0.2) is 12.1 Å². The average molecular weight is 298 g/mol. The number of nitrogens with zero attached hydrogens (tertiary/aromatic N) is 1. The van der Waals surface area contributed by atoms with Crippen LogP contribution < -0.4 is 5.32 Å². The number of hydrogen-bond acceptors (Lipinski definition) is 5. The summed E-state index contributed by atoms with van der Waals surface area (Å²) in [7, 11) is 0. The molecule has 0 saturated carbocycles. The third kappa shape index (κ3) is 4.51. The van der Waals surface area contributed by atoms with Gasteiger partial charge in [0.15, 0.2) is 0 Å². The summed E-state index contributed by atoms with van der Waals surface area (Å²) in [6, 6.07) is 1.91. The molecule has 1 amide bonds. The second kappa shape index (κ2) is 7.32. The van der Waals surface area contributed by atoms with E-state index in [9.17, 15) is 24.1 Å². The van der Waals surface area contributed by atoms with E-state index >= 15 is 0 Å². The Balaban J connectivity index is 2.78. The van der Waals surface area contributed by atoms with Crippen molar-refractivity contribution in [1.82, 2.24) is 5.32 Å². The van der Waals surface area contributed by atoms with Gasteiger partial charge in [-0.3, -0.25) is 19.7 Å². The van der Waals surface area contributed by atoms with E-state index in [0.717, 1.165) is 12.1 Å². The number of nitro benzene ring substituents is 1. The Kier molecular flexibility index (Phi) is 5.77. The molecule has 21 heavy (non-hydrogen) atoms. The minimum absolute atomic E-state index is 0.000238. The molecule has 0 aliphatic rings. The zero-order valence-corrected chi connectivity index (χ0v) is 11.6. The molecule has 1 aromatic carbocycles. The Morgan fingerprint density at radius 3 is 2.67 bits per heavy atom. The van der Waals surface area contributed by atoms with Crippen LogP contribution in [0, 0.1) is 22.9 Å². The zero-order chi connectivity index (χ0) is 16.0. The largest absolute Gasteiger partial charge is 0.466 e. The van der Waals surface area contributed by atoms with E-state index in [0.29, 0.717) is 0 Å². The zero-order valence-electron chi connectivity index (χ0n) is 11.6. The molecule has 0 spiro atoms. The highest BCUT2D eigenvalue weighted by Gasteiger charge is 2.19. The predicted molar refractivity (Wildman–Crippen MR) is 71.4 cm³/mol. The second-order valence-corrected chi connectivity index (χ2v) is 4.19. The van der Waals surface area contributed by atoms with Crippen molar-refractivity contribution in [2.75, 3.05) is 13.2 Å². The first-order chi connectivity index (χ1) is 9.86. The van der Waals surface area contributed by atoms with Gasteiger partial charge in [-0.15, -0.1) is 0 Å². The summed E-state index contributed by atoms with van der Waals surface area (Å²) in [4.78, 5) is 32.9. The molecular weight excluding hydrogens is 283 g/mol. The van der Waals surface area contributed by atoms with Crippen molar-refractivity contribution in [3.63, 3.8) is 0 Å². The first kappa shape index (κ1) is 16.5. The van der Waals surface area contributed by atoms with Gasteiger partial charge >= 0.3 is 5.97 Å². The Morgan fingerprint density at radius 2 is 2.10 bits per heavy atom. The van der Waals surface area contributed by atoms with Crippen LogP contribution in [0.1, 0.15) is 29.3 Å². The SMILES string of the molecule is CCOC(=O)CCNC(=O)c1cc([N+](=O)[O-])cc(C)c1F. The third-order valence-corrected chi connectivity index (χ3v) is 2.61. The van der Waals surface area contributed by atoms with Crippen molar-refractivity contribution < 1.29 is 23.6 Å². The number of nitrogens with one attached hydrogen (secondary N) is 1. The third-order valence-electron chi connectivity index (χ3n) is 2.61. The molecule has 0 heterocycles.